The maximum atomic E-state index is 11.6. The lowest BCUT2D eigenvalue weighted by atomic mass is 10.3. The number of hydrogen-bond donors (Lipinski definition) is 3. The second-order valence-corrected chi connectivity index (χ2v) is 3.65. The minimum atomic E-state index is -0.405. The maximum absolute atomic E-state index is 11.6. The average Bonchev–Trinajstić information content (AvgIpc) is 2.42. The summed E-state index contributed by atoms with van der Waals surface area (Å²) in [6.45, 7) is 2.15. The van der Waals surface area contributed by atoms with E-state index in [4.69, 9.17) is 10.00 Å². The van der Waals surface area contributed by atoms with E-state index in [0.29, 0.717) is 45.5 Å². The fraction of sp³-hybridized carbons (Fsp3) is 0.583. The quantitative estimate of drug-likeness (QED) is 0.198. The number of ether oxygens (including phenoxy) is 1. The molecule has 0 heterocycles. The molecule has 0 aliphatic carbocycles. The number of nitriles is 1. The number of nitrogens with zero attached hydrogens (tertiary/aromatic N) is 1. The Labute approximate surface area is 113 Å². The Hall–Kier alpha value is -2.07. The Morgan fingerprint density at radius 2 is 2.00 bits per heavy atom. The lowest BCUT2D eigenvalue weighted by Crippen LogP contribution is -2.27. The number of carbonyl (C=O) groups excluding carboxylic acids is 2. The van der Waals surface area contributed by atoms with Crippen molar-refractivity contribution in [3.63, 3.8) is 0 Å². The molecule has 0 radical (unpaired) electrons. The van der Waals surface area contributed by atoms with E-state index in [9.17, 15) is 9.59 Å². The molecule has 106 valence electrons. The van der Waals surface area contributed by atoms with Crippen LogP contribution in [0.5, 0.6) is 0 Å². The maximum Gasteiger partial charge on any atom is 0.263 e. The topological polar surface area (TPSA) is 103 Å². The van der Waals surface area contributed by atoms with Crippen molar-refractivity contribution in [1.29, 1.82) is 5.26 Å². The number of hydrogen-bond acceptors (Lipinski definition) is 5. The molecule has 7 nitrogen and oxygen atoms in total. The third kappa shape index (κ3) is 9.62. The van der Waals surface area contributed by atoms with Gasteiger partial charge in [-0.25, -0.2) is 0 Å². The van der Waals surface area contributed by atoms with Crippen LogP contribution in [0.4, 0.5) is 0 Å². The van der Waals surface area contributed by atoms with Gasteiger partial charge in [-0.05, 0) is 12.8 Å². The van der Waals surface area contributed by atoms with Gasteiger partial charge in [0.1, 0.15) is 11.6 Å². The van der Waals surface area contributed by atoms with Gasteiger partial charge in [-0.1, -0.05) is 0 Å². The monoisotopic (exact) mass is 268 g/mol. The van der Waals surface area contributed by atoms with E-state index in [1.807, 2.05) is 6.07 Å². The molecule has 19 heavy (non-hydrogen) atoms. The fourth-order valence-electron chi connectivity index (χ4n) is 1.19. The first-order chi connectivity index (χ1) is 9.26. The molecule has 0 saturated carbocycles. The molecule has 0 aromatic carbocycles. The normalized spacial score (nSPS) is 10.4. The van der Waals surface area contributed by atoms with Crippen LogP contribution in [0.25, 0.3) is 0 Å². The minimum Gasteiger partial charge on any atom is -0.390 e. The van der Waals surface area contributed by atoms with Crippen LogP contribution in [0.1, 0.15) is 12.8 Å². The summed E-state index contributed by atoms with van der Waals surface area (Å²) >= 11 is 0. The van der Waals surface area contributed by atoms with Crippen molar-refractivity contribution in [3.8, 4) is 6.07 Å². The summed E-state index contributed by atoms with van der Waals surface area (Å²) in [6, 6.07) is 1.83. The largest absolute Gasteiger partial charge is 0.390 e. The standard InChI is InChI=1S/C12H20N4O3/c1-19-7-3-6-16-12(18)11(8-13)9-14-4-2-5-15-10-17/h9-10,14H,2-7H2,1H3,(H,15,17)(H,16,18)/b11-9-. The van der Waals surface area contributed by atoms with Gasteiger partial charge in [-0.15, -0.1) is 0 Å². The molecule has 0 unspecified atom stereocenters. The third-order valence-corrected chi connectivity index (χ3v) is 2.15. The van der Waals surface area contributed by atoms with Crippen molar-refractivity contribution in [2.75, 3.05) is 33.4 Å². The highest BCUT2D eigenvalue weighted by Crippen LogP contribution is 1.91. The molecule has 0 aliphatic heterocycles. The number of carbonyl (C=O) groups is 2. The first kappa shape index (κ1) is 16.9. The van der Waals surface area contributed by atoms with Crippen LogP contribution in [0, 0.1) is 11.3 Å². The van der Waals surface area contributed by atoms with Crippen molar-refractivity contribution < 1.29 is 14.3 Å². The third-order valence-electron chi connectivity index (χ3n) is 2.15. The zero-order chi connectivity index (χ0) is 14.3. The van der Waals surface area contributed by atoms with Crippen LogP contribution in [-0.2, 0) is 14.3 Å². The summed E-state index contributed by atoms with van der Waals surface area (Å²) in [5, 5.41) is 16.8. The lowest BCUT2D eigenvalue weighted by molar-refractivity contribution is -0.117. The summed E-state index contributed by atoms with van der Waals surface area (Å²) in [7, 11) is 1.59. The molecular formula is C12H20N4O3. The summed E-state index contributed by atoms with van der Waals surface area (Å²) < 4.78 is 4.85. The van der Waals surface area contributed by atoms with Crippen LogP contribution in [0.2, 0.25) is 0 Å². The number of nitrogens with one attached hydrogen (secondary N) is 3. The molecule has 0 aromatic heterocycles. The van der Waals surface area contributed by atoms with Crippen molar-refractivity contribution in [1.82, 2.24) is 16.0 Å². The zero-order valence-electron chi connectivity index (χ0n) is 11.1. The minimum absolute atomic E-state index is 0.0285. The van der Waals surface area contributed by atoms with E-state index in [1.54, 1.807) is 7.11 Å². The van der Waals surface area contributed by atoms with E-state index in [2.05, 4.69) is 16.0 Å². The van der Waals surface area contributed by atoms with Gasteiger partial charge in [0.25, 0.3) is 5.91 Å². The number of rotatable bonds is 11. The van der Waals surface area contributed by atoms with Crippen molar-refractivity contribution in [3.05, 3.63) is 11.8 Å². The highest BCUT2D eigenvalue weighted by Gasteiger charge is 2.07. The van der Waals surface area contributed by atoms with Crippen LogP contribution in [0.15, 0.2) is 11.8 Å². The molecule has 0 aromatic rings. The lowest BCUT2D eigenvalue weighted by Gasteiger charge is -2.04. The first-order valence-electron chi connectivity index (χ1n) is 6.04. The van der Waals surface area contributed by atoms with Crippen LogP contribution in [0.3, 0.4) is 0 Å². The van der Waals surface area contributed by atoms with Gasteiger partial charge in [-0.3, -0.25) is 9.59 Å². The molecule has 0 spiro atoms. The SMILES string of the molecule is COCCCNC(=O)/C(C#N)=C\NCCCNC=O. The fourth-order valence-corrected chi connectivity index (χ4v) is 1.19. The Bertz CT molecular complexity index is 336. The Kier molecular flexibility index (Phi) is 11.0. The van der Waals surface area contributed by atoms with E-state index in [-0.39, 0.29) is 5.57 Å². The van der Waals surface area contributed by atoms with E-state index >= 15 is 0 Å². The molecule has 0 fully saturated rings. The zero-order valence-corrected chi connectivity index (χ0v) is 11.1. The summed E-state index contributed by atoms with van der Waals surface area (Å²) in [5.41, 5.74) is 0.0285. The van der Waals surface area contributed by atoms with Gasteiger partial charge in [-0.2, -0.15) is 5.26 Å². The van der Waals surface area contributed by atoms with Crippen molar-refractivity contribution >= 4 is 12.3 Å². The highest BCUT2D eigenvalue weighted by atomic mass is 16.5. The Morgan fingerprint density at radius 1 is 1.26 bits per heavy atom. The van der Waals surface area contributed by atoms with Crippen molar-refractivity contribution in [2.45, 2.75) is 12.8 Å². The van der Waals surface area contributed by atoms with Gasteiger partial charge in [0, 0.05) is 39.6 Å². The predicted molar refractivity (Wildman–Crippen MR) is 69.9 cm³/mol. The van der Waals surface area contributed by atoms with Crippen LogP contribution >= 0.6 is 0 Å². The second-order valence-electron chi connectivity index (χ2n) is 3.65. The smallest absolute Gasteiger partial charge is 0.263 e. The molecule has 0 atom stereocenters. The molecule has 3 N–H and O–H groups in total. The van der Waals surface area contributed by atoms with Crippen LogP contribution in [-0.4, -0.2) is 45.7 Å². The van der Waals surface area contributed by atoms with Gasteiger partial charge in [0.2, 0.25) is 6.41 Å². The summed E-state index contributed by atoms with van der Waals surface area (Å²) in [5.74, 6) is -0.405. The van der Waals surface area contributed by atoms with Crippen LogP contribution < -0.4 is 16.0 Å². The van der Waals surface area contributed by atoms with E-state index < -0.39 is 5.91 Å². The average molecular weight is 268 g/mol. The van der Waals surface area contributed by atoms with E-state index in [0.717, 1.165) is 0 Å². The van der Waals surface area contributed by atoms with Gasteiger partial charge in [0.15, 0.2) is 0 Å². The molecule has 0 bridgehead atoms. The summed E-state index contributed by atoms with van der Waals surface area (Å²) in [4.78, 5) is 21.5. The molecule has 7 heteroatoms. The van der Waals surface area contributed by atoms with Gasteiger partial charge < -0.3 is 20.7 Å². The summed E-state index contributed by atoms with van der Waals surface area (Å²) in [6.07, 6.45) is 3.42. The number of methoxy groups -OCH3 is 1. The first-order valence-corrected chi connectivity index (χ1v) is 6.04. The molecular weight excluding hydrogens is 248 g/mol. The van der Waals surface area contributed by atoms with E-state index in [1.165, 1.54) is 6.20 Å². The predicted octanol–water partition coefficient (Wildman–Crippen LogP) is -0.728. The molecule has 2 amide bonds. The Balaban J connectivity index is 3.86. The van der Waals surface area contributed by atoms with Crippen molar-refractivity contribution in [2.24, 2.45) is 0 Å². The molecule has 0 saturated heterocycles. The van der Waals surface area contributed by atoms with Gasteiger partial charge >= 0.3 is 0 Å². The molecule has 0 aliphatic rings. The Morgan fingerprint density at radius 3 is 2.63 bits per heavy atom. The highest BCUT2D eigenvalue weighted by molar-refractivity contribution is 5.97. The number of amides is 2. The van der Waals surface area contributed by atoms with Gasteiger partial charge in [0.05, 0.1) is 0 Å². The molecule has 0 rings (SSSR count). The second kappa shape index (κ2) is 12.4.